The molecule has 0 aliphatic carbocycles. The Morgan fingerprint density at radius 1 is 1.12 bits per heavy atom. The van der Waals surface area contributed by atoms with E-state index in [1.165, 1.54) is 6.92 Å². The lowest BCUT2D eigenvalue weighted by atomic mass is 10.0. The summed E-state index contributed by atoms with van der Waals surface area (Å²) in [6.45, 7) is 8.65. The molecule has 0 aliphatic heterocycles. The van der Waals surface area contributed by atoms with E-state index in [1.807, 2.05) is 26.8 Å². The van der Waals surface area contributed by atoms with Gasteiger partial charge in [-0.1, -0.05) is 41.1 Å². The summed E-state index contributed by atoms with van der Waals surface area (Å²) in [6, 6.07) is 8.95. The Kier molecular flexibility index (Phi) is 7.55. The minimum absolute atomic E-state index is 0.0848. The van der Waals surface area contributed by atoms with Crippen LogP contribution in [0.5, 0.6) is 0 Å². The summed E-state index contributed by atoms with van der Waals surface area (Å²) in [4.78, 5) is 39.8. The van der Waals surface area contributed by atoms with Gasteiger partial charge in [-0.15, -0.1) is 10.2 Å². The van der Waals surface area contributed by atoms with Gasteiger partial charge in [0.05, 0.1) is 10.9 Å². The maximum Gasteiger partial charge on any atom is 0.278 e. The number of aromatic amines is 1. The number of benzene rings is 2. The Labute approximate surface area is 200 Å². The zero-order chi connectivity index (χ0) is 24.3. The predicted octanol–water partition coefficient (Wildman–Crippen LogP) is 4.49. The quantitative estimate of drug-likeness (QED) is 0.443. The van der Waals surface area contributed by atoms with Crippen molar-refractivity contribution in [2.75, 3.05) is 10.6 Å². The minimum Gasteiger partial charge on any atom is -0.325 e. The van der Waals surface area contributed by atoms with Gasteiger partial charge in [0, 0.05) is 23.2 Å². The lowest BCUT2D eigenvalue weighted by Gasteiger charge is -2.14. The van der Waals surface area contributed by atoms with Gasteiger partial charge in [-0.2, -0.15) is 0 Å². The predicted molar refractivity (Wildman–Crippen MR) is 132 cm³/mol. The summed E-state index contributed by atoms with van der Waals surface area (Å²) in [5.41, 5.74) is 3.72. The van der Waals surface area contributed by atoms with Crippen molar-refractivity contribution in [1.82, 2.24) is 15.2 Å². The number of amides is 2. The summed E-state index contributed by atoms with van der Waals surface area (Å²) >= 11 is 7.19. The zero-order valence-electron chi connectivity index (χ0n) is 18.9. The largest absolute Gasteiger partial charge is 0.325 e. The van der Waals surface area contributed by atoms with Crippen LogP contribution in [0.2, 0.25) is 5.02 Å². The molecule has 0 bridgehead atoms. The number of nitrogens with zero attached hydrogens (tertiary/aromatic N) is 2. The number of hydrogen-bond acceptors (Lipinski definition) is 6. The first kappa shape index (κ1) is 24.5. The molecule has 0 aliphatic rings. The number of aromatic nitrogens is 3. The Morgan fingerprint density at radius 2 is 1.85 bits per heavy atom. The molecule has 33 heavy (non-hydrogen) atoms. The van der Waals surface area contributed by atoms with E-state index < -0.39 is 10.8 Å². The van der Waals surface area contributed by atoms with Crippen LogP contribution in [0.4, 0.5) is 11.4 Å². The van der Waals surface area contributed by atoms with Gasteiger partial charge in [0.15, 0.2) is 10.9 Å². The Balaban J connectivity index is 1.83. The van der Waals surface area contributed by atoms with E-state index in [4.69, 9.17) is 11.6 Å². The van der Waals surface area contributed by atoms with Crippen molar-refractivity contribution in [2.24, 2.45) is 0 Å². The average Bonchev–Trinajstić information content (AvgIpc) is 2.73. The first-order chi connectivity index (χ1) is 15.6. The van der Waals surface area contributed by atoms with Crippen LogP contribution in [-0.2, 0) is 9.59 Å². The number of halogens is 1. The Bertz CT molecular complexity index is 1290. The molecular weight excluding hydrogens is 462 g/mol. The topological polar surface area (TPSA) is 117 Å². The van der Waals surface area contributed by atoms with E-state index in [1.54, 1.807) is 31.2 Å². The van der Waals surface area contributed by atoms with Crippen LogP contribution in [0.1, 0.15) is 30.5 Å². The van der Waals surface area contributed by atoms with Gasteiger partial charge in [-0.25, -0.2) is 0 Å². The van der Waals surface area contributed by atoms with E-state index in [9.17, 15) is 14.4 Å². The van der Waals surface area contributed by atoms with Crippen LogP contribution in [0.3, 0.4) is 0 Å². The molecule has 10 heteroatoms. The molecule has 0 saturated heterocycles. The van der Waals surface area contributed by atoms with Gasteiger partial charge in [-0.3, -0.25) is 19.4 Å². The maximum atomic E-state index is 12.8. The molecule has 1 heterocycles. The summed E-state index contributed by atoms with van der Waals surface area (Å²) in [6.07, 6.45) is 0. The number of aryl methyl sites for hydroxylation is 2. The summed E-state index contributed by atoms with van der Waals surface area (Å²) in [5.74, 6) is -0.520. The van der Waals surface area contributed by atoms with Crippen molar-refractivity contribution in [3.63, 3.8) is 0 Å². The molecule has 2 aromatic carbocycles. The summed E-state index contributed by atoms with van der Waals surface area (Å²) < 4.78 is 0. The highest BCUT2D eigenvalue weighted by Gasteiger charge is 2.20. The van der Waals surface area contributed by atoms with E-state index in [0.29, 0.717) is 22.0 Å². The number of hydrogen-bond donors (Lipinski definition) is 3. The fourth-order valence-electron chi connectivity index (χ4n) is 3.25. The lowest BCUT2D eigenvalue weighted by molar-refractivity contribution is -0.115. The van der Waals surface area contributed by atoms with Crippen molar-refractivity contribution in [1.29, 1.82) is 0 Å². The second-order valence-corrected chi connectivity index (χ2v) is 9.39. The van der Waals surface area contributed by atoms with Crippen LogP contribution < -0.4 is 16.2 Å². The molecule has 3 N–H and O–H groups in total. The van der Waals surface area contributed by atoms with E-state index in [2.05, 4.69) is 25.8 Å². The molecule has 2 amide bonds. The summed E-state index contributed by atoms with van der Waals surface area (Å²) in [7, 11) is 0. The fourth-order valence-corrected chi connectivity index (χ4v) is 4.16. The van der Waals surface area contributed by atoms with Crippen molar-refractivity contribution < 1.29 is 9.59 Å². The van der Waals surface area contributed by atoms with Crippen molar-refractivity contribution in [2.45, 2.75) is 45.0 Å². The van der Waals surface area contributed by atoms with Crippen LogP contribution in [0.15, 0.2) is 40.3 Å². The van der Waals surface area contributed by atoms with Gasteiger partial charge in [0.2, 0.25) is 11.8 Å². The van der Waals surface area contributed by atoms with Gasteiger partial charge < -0.3 is 10.6 Å². The van der Waals surface area contributed by atoms with Crippen LogP contribution >= 0.6 is 23.4 Å². The second kappa shape index (κ2) is 10.2. The monoisotopic (exact) mass is 485 g/mol. The molecule has 0 unspecified atom stereocenters. The molecule has 1 atom stereocenters. The molecule has 0 spiro atoms. The number of anilines is 2. The van der Waals surface area contributed by atoms with Crippen molar-refractivity contribution in [3.05, 3.63) is 62.4 Å². The number of rotatable bonds is 6. The third-order valence-corrected chi connectivity index (χ3v) is 6.28. The average molecular weight is 486 g/mol. The van der Waals surface area contributed by atoms with Crippen LogP contribution in [0.25, 0.3) is 11.3 Å². The molecule has 0 radical (unpaired) electrons. The maximum absolute atomic E-state index is 12.8. The third kappa shape index (κ3) is 5.80. The lowest BCUT2D eigenvalue weighted by Crippen LogP contribution is -2.24. The highest BCUT2D eigenvalue weighted by atomic mass is 35.5. The van der Waals surface area contributed by atoms with Crippen molar-refractivity contribution in [3.8, 4) is 11.3 Å². The smallest absolute Gasteiger partial charge is 0.278 e. The number of thioether (sulfide) groups is 1. The Morgan fingerprint density at radius 3 is 2.52 bits per heavy atom. The van der Waals surface area contributed by atoms with E-state index >= 15 is 0 Å². The SMILES string of the molecule is CC(=O)Nc1c(C)cc(C)cc1-c1nnc(S[C@H](C)C(=O)Nc2cccc(Cl)c2C)[nH]c1=O. The minimum atomic E-state index is -0.560. The summed E-state index contributed by atoms with van der Waals surface area (Å²) in [5, 5.41) is 14.0. The van der Waals surface area contributed by atoms with E-state index in [0.717, 1.165) is 28.5 Å². The first-order valence-electron chi connectivity index (χ1n) is 10.2. The normalized spacial score (nSPS) is 11.7. The Hall–Kier alpha value is -3.17. The molecule has 3 rings (SSSR count). The van der Waals surface area contributed by atoms with E-state index in [-0.39, 0.29) is 22.7 Å². The van der Waals surface area contributed by atoms with Gasteiger partial charge in [0.25, 0.3) is 5.56 Å². The highest BCUT2D eigenvalue weighted by molar-refractivity contribution is 8.00. The fraction of sp³-hybridized carbons (Fsp3) is 0.261. The van der Waals surface area contributed by atoms with Gasteiger partial charge in [-0.05, 0) is 57.0 Å². The van der Waals surface area contributed by atoms with Crippen molar-refractivity contribution >= 4 is 46.6 Å². The number of carbonyl (C=O) groups excluding carboxylic acids is 2. The molecule has 0 fully saturated rings. The molecular formula is C23H24ClN5O3S. The third-order valence-electron chi connectivity index (χ3n) is 4.90. The molecule has 1 aromatic heterocycles. The standard InChI is InChI=1S/C23H24ClN5O3S/c1-11-9-12(2)19(25-15(5)30)16(10-11)20-22(32)27-23(29-28-20)33-14(4)21(31)26-18-8-6-7-17(24)13(18)3/h6-10,14H,1-5H3,(H,25,30)(H,26,31)(H,27,29,32)/t14-/m1/s1. The molecule has 3 aromatic rings. The number of H-pyrrole nitrogens is 1. The molecule has 8 nitrogen and oxygen atoms in total. The number of nitrogens with one attached hydrogen (secondary N) is 3. The second-order valence-electron chi connectivity index (χ2n) is 7.66. The van der Waals surface area contributed by atoms with Gasteiger partial charge >= 0.3 is 0 Å². The molecule has 0 saturated carbocycles. The zero-order valence-corrected chi connectivity index (χ0v) is 20.4. The molecule has 172 valence electrons. The van der Waals surface area contributed by atoms with Crippen LogP contribution in [0, 0.1) is 20.8 Å². The van der Waals surface area contributed by atoms with Gasteiger partial charge in [0.1, 0.15) is 0 Å². The number of carbonyl (C=O) groups is 2. The van der Waals surface area contributed by atoms with Crippen LogP contribution in [-0.4, -0.2) is 32.2 Å². The first-order valence-corrected chi connectivity index (χ1v) is 11.4. The highest BCUT2D eigenvalue weighted by Crippen LogP contribution is 2.30.